The van der Waals surface area contributed by atoms with E-state index in [4.69, 9.17) is 5.10 Å². The Bertz CT molecular complexity index is 337. The van der Waals surface area contributed by atoms with Crippen molar-refractivity contribution in [3.63, 3.8) is 0 Å². The Morgan fingerprint density at radius 1 is 1.18 bits per heavy atom. The van der Waals surface area contributed by atoms with Gasteiger partial charge in [0.2, 0.25) is 0 Å². The molecule has 1 N–H and O–H groups in total. The second-order valence-electron chi connectivity index (χ2n) is 4.67. The summed E-state index contributed by atoms with van der Waals surface area (Å²) in [6, 6.07) is 0.557. The van der Waals surface area contributed by atoms with E-state index < -0.39 is 0 Å². The molecule has 3 nitrogen and oxygen atoms in total. The number of aryl methyl sites for hydroxylation is 1. The molecule has 0 aromatic carbocycles. The molecule has 0 amide bonds. The second kappa shape index (κ2) is 6.80. The fraction of sp³-hybridized carbons (Fsp3) is 0.786. The summed E-state index contributed by atoms with van der Waals surface area (Å²) >= 11 is 0. The first kappa shape index (κ1) is 14.2. The van der Waals surface area contributed by atoms with Crippen LogP contribution < -0.4 is 5.32 Å². The SMILES string of the molecule is CCNCCc1c(C)nn(C(CC)CC)c1C. The standard InChI is InChI=1S/C14H27N3/c1-6-13(7-2)17-12(5)14(11(4)16-17)9-10-15-8-3/h13,15H,6-10H2,1-5H3. The number of hydrogen-bond donors (Lipinski definition) is 1. The fourth-order valence-corrected chi connectivity index (χ4v) is 2.44. The third-order valence-corrected chi connectivity index (χ3v) is 3.57. The van der Waals surface area contributed by atoms with Crippen molar-refractivity contribution in [3.8, 4) is 0 Å². The van der Waals surface area contributed by atoms with Gasteiger partial charge >= 0.3 is 0 Å². The van der Waals surface area contributed by atoms with Gasteiger partial charge in [0.1, 0.15) is 0 Å². The Kier molecular flexibility index (Phi) is 5.69. The number of aromatic nitrogens is 2. The lowest BCUT2D eigenvalue weighted by molar-refractivity contribution is 0.418. The minimum Gasteiger partial charge on any atom is -0.317 e. The van der Waals surface area contributed by atoms with Crippen LogP contribution in [0, 0.1) is 13.8 Å². The highest BCUT2D eigenvalue weighted by Crippen LogP contribution is 2.21. The average molecular weight is 237 g/mol. The van der Waals surface area contributed by atoms with E-state index in [1.165, 1.54) is 17.0 Å². The third kappa shape index (κ3) is 3.32. The minimum absolute atomic E-state index is 0.557. The van der Waals surface area contributed by atoms with Crippen LogP contribution in [0.1, 0.15) is 56.6 Å². The zero-order valence-electron chi connectivity index (χ0n) is 12.0. The molecule has 0 unspecified atom stereocenters. The lowest BCUT2D eigenvalue weighted by atomic mass is 10.1. The van der Waals surface area contributed by atoms with Gasteiger partial charge in [-0.1, -0.05) is 20.8 Å². The maximum atomic E-state index is 4.72. The Labute approximate surface area is 106 Å². The summed E-state index contributed by atoms with van der Waals surface area (Å²) < 4.78 is 2.23. The molecule has 0 aliphatic carbocycles. The zero-order valence-corrected chi connectivity index (χ0v) is 12.0. The highest BCUT2D eigenvalue weighted by molar-refractivity contribution is 5.25. The van der Waals surface area contributed by atoms with Gasteiger partial charge in [-0.2, -0.15) is 5.10 Å². The zero-order chi connectivity index (χ0) is 12.8. The van der Waals surface area contributed by atoms with E-state index >= 15 is 0 Å². The van der Waals surface area contributed by atoms with Crippen LogP contribution in [-0.2, 0) is 6.42 Å². The minimum atomic E-state index is 0.557. The topological polar surface area (TPSA) is 29.9 Å². The molecule has 1 rings (SSSR count). The van der Waals surface area contributed by atoms with Crippen molar-refractivity contribution in [1.29, 1.82) is 0 Å². The van der Waals surface area contributed by atoms with Crippen LogP contribution in [0.15, 0.2) is 0 Å². The molecular formula is C14H27N3. The van der Waals surface area contributed by atoms with Crippen LogP contribution in [0.5, 0.6) is 0 Å². The lowest BCUT2D eigenvalue weighted by Crippen LogP contribution is -2.17. The molecule has 0 spiro atoms. The molecule has 1 aromatic rings. The van der Waals surface area contributed by atoms with Crippen molar-refractivity contribution < 1.29 is 0 Å². The quantitative estimate of drug-likeness (QED) is 0.739. The monoisotopic (exact) mass is 237 g/mol. The predicted octanol–water partition coefficient (Wildman–Crippen LogP) is 3.01. The number of nitrogens with zero attached hydrogens (tertiary/aromatic N) is 2. The van der Waals surface area contributed by atoms with Gasteiger partial charge in [-0.25, -0.2) is 0 Å². The second-order valence-corrected chi connectivity index (χ2v) is 4.67. The van der Waals surface area contributed by atoms with Gasteiger partial charge < -0.3 is 5.32 Å². The van der Waals surface area contributed by atoms with Crippen molar-refractivity contribution in [3.05, 3.63) is 17.0 Å². The molecule has 1 heterocycles. The molecule has 17 heavy (non-hydrogen) atoms. The molecular weight excluding hydrogens is 210 g/mol. The van der Waals surface area contributed by atoms with Crippen molar-refractivity contribution in [2.45, 2.75) is 59.9 Å². The van der Waals surface area contributed by atoms with Gasteiger partial charge in [-0.15, -0.1) is 0 Å². The number of hydrogen-bond acceptors (Lipinski definition) is 2. The Morgan fingerprint density at radius 3 is 2.35 bits per heavy atom. The Morgan fingerprint density at radius 2 is 1.82 bits per heavy atom. The van der Waals surface area contributed by atoms with E-state index in [1.807, 2.05) is 0 Å². The van der Waals surface area contributed by atoms with Crippen LogP contribution in [0.2, 0.25) is 0 Å². The van der Waals surface area contributed by atoms with Crippen LogP contribution in [-0.4, -0.2) is 22.9 Å². The third-order valence-electron chi connectivity index (χ3n) is 3.57. The van der Waals surface area contributed by atoms with Gasteiger partial charge in [0.25, 0.3) is 0 Å². The van der Waals surface area contributed by atoms with Gasteiger partial charge in [0.05, 0.1) is 11.7 Å². The summed E-state index contributed by atoms with van der Waals surface area (Å²) in [4.78, 5) is 0. The summed E-state index contributed by atoms with van der Waals surface area (Å²) in [5.74, 6) is 0. The smallest absolute Gasteiger partial charge is 0.0629 e. The molecule has 98 valence electrons. The van der Waals surface area contributed by atoms with E-state index in [9.17, 15) is 0 Å². The van der Waals surface area contributed by atoms with Gasteiger partial charge in [-0.05, 0) is 51.8 Å². The van der Waals surface area contributed by atoms with E-state index in [1.54, 1.807) is 0 Å². The summed E-state index contributed by atoms with van der Waals surface area (Å²) in [6.45, 7) is 13.1. The molecule has 0 saturated carbocycles. The van der Waals surface area contributed by atoms with E-state index in [0.29, 0.717) is 6.04 Å². The molecule has 1 aromatic heterocycles. The average Bonchev–Trinajstić information content (AvgIpc) is 2.59. The Hall–Kier alpha value is -0.830. The van der Waals surface area contributed by atoms with Crippen molar-refractivity contribution in [1.82, 2.24) is 15.1 Å². The number of nitrogens with one attached hydrogen (secondary N) is 1. The first-order valence-electron chi connectivity index (χ1n) is 6.90. The van der Waals surface area contributed by atoms with Gasteiger partial charge in [0.15, 0.2) is 0 Å². The first-order chi connectivity index (χ1) is 8.15. The summed E-state index contributed by atoms with van der Waals surface area (Å²) in [5, 5.41) is 8.10. The molecule has 0 radical (unpaired) electrons. The molecule has 0 bridgehead atoms. The largest absolute Gasteiger partial charge is 0.317 e. The predicted molar refractivity (Wildman–Crippen MR) is 73.6 cm³/mol. The number of likely N-dealkylation sites (N-methyl/N-ethyl adjacent to an activating group) is 1. The normalized spacial score (nSPS) is 11.4. The highest BCUT2D eigenvalue weighted by atomic mass is 15.3. The maximum Gasteiger partial charge on any atom is 0.0629 e. The molecule has 0 fully saturated rings. The lowest BCUT2D eigenvalue weighted by Gasteiger charge is -2.15. The van der Waals surface area contributed by atoms with E-state index in [2.05, 4.69) is 44.6 Å². The molecule has 3 heteroatoms. The van der Waals surface area contributed by atoms with Crippen LogP contribution in [0.3, 0.4) is 0 Å². The number of rotatable bonds is 7. The summed E-state index contributed by atoms with van der Waals surface area (Å²) in [6.07, 6.45) is 3.40. The summed E-state index contributed by atoms with van der Waals surface area (Å²) in [7, 11) is 0. The molecule has 0 saturated heterocycles. The van der Waals surface area contributed by atoms with E-state index in [-0.39, 0.29) is 0 Å². The van der Waals surface area contributed by atoms with Crippen molar-refractivity contribution >= 4 is 0 Å². The molecule has 0 atom stereocenters. The maximum absolute atomic E-state index is 4.72. The van der Waals surface area contributed by atoms with Gasteiger partial charge in [0, 0.05) is 5.69 Å². The highest BCUT2D eigenvalue weighted by Gasteiger charge is 2.15. The molecule has 0 aliphatic rings. The summed E-state index contributed by atoms with van der Waals surface area (Å²) in [5.41, 5.74) is 3.99. The van der Waals surface area contributed by atoms with Gasteiger partial charge in [-0.3, -0.25) is 4.68 Å². The fourth-order valence-electron chi connectivity index (χ4n) is 2.44. The van der Waals surface area contributed by atoms with Crippen LogP contribution >= 0.6 is 0 Å². The van der Waals surface area contributed by atoms with Crippen molar-refractivity contribution in [2.24, 2.45) is 0 Å². The van der Waals surface area contributed by atoms with Crippen LogP contribution in [0.4, 0.5) is 0 Å². The first-order valence-corrected chi connectivity index (χ1v) is 6.90. The van der Waals surface area contributed by atoms with E-state index in [0.717, 1.165) is 32.4 Å². The van der Waals surface area contributed by atoms with Crippen molar-refractivity contribution in [2.75, 3.05) is 13.1 Å². The molecule has 0 aliphatic heterocycles. The Balaban J connectivity index is 2.85. The van der Waals surface area contributed by atoms with Crippen LogP contribution in [0.25, 0.3) is 0 Å².